The SMILES string of the molecule is CCCOCC(N)Cc1ccc(C)c(C)c1. The Morgan fingerprint density at radius 1 is 1.25 bits per heavy atom. The molecule has 0 radical (unpaired) electrons. The van der Waals surface area contributed by atoms with Gasteiger partial charge < -0.3 is 10.5 Å². The van der Waals surface area contributed by atoms with Gasteiger partial charge in [-0.15, -0.1) is 0 Å². The zero-order valence-electron chi connectivity index (χ0n) is 10.6. The van der Waals surface area contributed by atoms with Crippen molar-refractivity contribution in [3.05, 3.63) is 34.9 Å². The number of nitrogens with two attached hydrogens (primary N) is 1. The van der Waals surface area contributed by atoms with Crippen molar-refractivity contribution in [2.75, 3.05) is 13.2 Å². The summed E-state index contributed by atoms with van der Waals surface area (Å²) in [6, 6.07) is 6.63. The lowest BCUT2D eigenvalue weighted by Gasteiger charge is -2.13. The van der Waals surface area contributed by atoms with Crippen molar-refractivity contribution in [2.45, 2.75) is 39.7 Å². The van der Waals surface area contributed by atoms with Gasteiger partial charge in [-0.1, -0.05) is 25.1 Å². The third-order valence-corrected chi connectivity index (χ3v) is 2.75. The molecule has 0 spiro atoms. The third-order valence-electron chi connectivity index (χ3n) is 2.75. The Bertz CT molecular complexity index is 323. The molecule has 1 atom stereocenters. The summed E-state index contributed by atoms with van der Waals surface area (Å²) in [5, 5.41) is 0. The summed E-state index contributed by atoms with van der Waals surface area (Å²) in [4.78, 5) is 0. The van der Waals surface area contributed by atoms with Gasteiger partial charge in [0, 0.05) is 12.6 Å². The van der Waals surface area contributed by atoms with Crippen LogP contribution in [0.1, 0.15) is 30.0 Å². The fraction of sp³-hybridized carbons (Fsp3) is 0.571. The van der Waals surface area contributed by atoms with Crippen molar-refractivity contribution in [3.63, 3.8) is 0 Å². The largest absolute Gasteiger partial charge is 0.380 e. The molecule has 0 aliphatic rings. The van der Waals surface area contributed by atoms with E-state index in [1.54, 1.807) is 0 Å². The van der Waals surface area contributed by atoms with Gasteiger partial charge >= 0.3 is 0 Å². The van der Waals surface area contributed by atoms with Gasteiger partial charge in [-0.05, 0) is 43.4 Å². The third kappa shape index (κ3) is 4.33. The van der Waals surface area contributed by atoms with Crippen LogP contribution in [0.2, 0.25) is 0 Å². The molecule has 1 aromatic carbocycles. The zero-order chi connectivity index (χ0) is 12.0. The number of benzene rings is 1. The summed E-state index contributed by atoms with van der Waals surface area (Å²) in [6.45, 7) is 7.83. The maximum absolute atomic E-state index is 6.01. The summed E-state index contributed by atoms with van der Waals surface area (Å²) in [6.07, 6.45) is 1.95. The van der Waals surface area contributed by atoms with Gasteiger partial charge in [0.05, 0.1) is 6.61 Å². The van der Waals surface area contributed by atoms with Crippen molar-refractivity contribution in [2.24, 2.45) is 5.73 Å². The van der Waals surface area contributed by atoms with Crippen LogP contribution >= 0.6 is 0 Å². The minimum Gasteiger partial charge on any atom is -0.380 e. The fourth-order valence-electron chi connectivity index (χ4n) is 1.67. The first-order valence-corrected chi connectivity index (χ1v) is 6.03. The lowest BCUT2D eigenvalue weighted by Crippen LogP contribution is -2.28. The van der Waals surface area contributed by atoms with Crippen LogP contribution in [0.3, 0.4) is 0 Å². The minimum atomic E-state index is 0.105. The first-order valence-electron chi connectivity index (χ1n) is 6.03. The molecule has 0 heterocycles. The highest BCUT2D eigenvalue weighted by atomic mass is 16.5. The monoisotopic (exact) mass is 221 g/mol. The van der Waals surface area contributed by atoms with Gasteiger partial charge in [-0.25, -0.2) is 0 Å². The van der Waals surface area contributed by atoms with Crippen LogP contribution in [-0.4, -0.2) is 19.3 Å². The Morgan fingerprint density at radius 3 is 2.62 bits per heavy atom. The summed E-state index contributed by atoms with van der Waals surface area (Å²) in [7, 11) is 0. The number of aryl methyl sites for hydroxylation is 2. The molecule has 0 aromatic heterocycles. The predicted molar refractivity (Wildman–Crippen MR) is 68.7 cm³/mol. The number of rotatable bonds is 6. The molecule has 0 bridgehead atoms. The van der Waals surface area contributed by atoms with Gasteiger partial charge in [-0.3, -0.25) is 0 Å². The molecule has 1 rings (SSSR count). The molecule has 0 aliphatic heterocycles. The van der Waals surface area contributed by atoms with E-state index in [2.05, 4.69) is 39.0 Å². The molecule has 1 aromatic rings. The molecule has 2 N–H and O–H groups in total. The van der Waals surface area contributed by atoms with E-state index < -0.39 is 0 Å². The maximum atomic E-state index is 6.01. The van der Waals surface area contributed by atoms with Crippen LogP contribution < -0.4 is 5.73 Å². The van der Waals surface area contributed by atoms with Crippen LogP contribution in [0.4, 0.5) is 0 Å². The molecule has 0 amide bonds. The van der Waals surface area contributed by atoms with Crippen molar-refractivity contribution >= 4 is 0 Å². The van der Waals surface area contributed by atoms with E-state index >= 15 is 0 Å². The Kier molecular flexibility index (Phi) is 5.50. The molecule has 1 unspecified atom stereocenters. The average Bonchev–Trinajstić information content (AvgIpc) is 2.24. The van der Waals surface area contributed by atoms with Crippen LogP contribution in [-0.2, 0) is 11.2 Å². The fourth-order valence-corrected chi connectivity index (χ4v) is 1.67. The molecule has 2 heteroatoms. The second-order valence-electron chi connectivity index (χ2n) is 4.46. The normalized spacial score (nSPS) is 12.8. The smallest absolute Gasteiger partial charge is 0.0620 e. The van der Waals surface area contributed by atoms with Gasteiger partial charge in [-0.2, -0.15) is 0 Å². The molecule has 0 fully saturated rings. The van der Waals surface area contributed by atoms with E-state index in [1.807, 2.05) is 0 Å². The second-order valence-corrected chi connectivity index (χ2v) is 4.46. The standard InChI is InChI=1S/C14H23NO/c1-4-7-16-10-14(15)9-13-6-5-11(2)12(3)8-13/h5-6,8,14H,4,7,9-10,15H2,1-3H3. The van der Waals surface area contributed by atoms with Crippen LogP contribution in [0, 0.1) is 13.8 Å². The van der Waals surface area contributed by atoms with E-state index in [1.165, 1.54) is 16.7 Å². The Labute approximate surface area is 98.8 Å². The minimum absolute atomic E-state index is 0.105. The Morgan fingerprint density at radius 2 is 2.00 bits per heavy atom. The lowest BCUT2D eigenvalue weighted by atomic mass is 10.0. The van der Waals surface area contributed by atoms with Gasteiger partial charge in [0.15, 0.2) is 0 Å². The average molecular weight is 221 g/mol. The van der Waals surface area contributed by atoms with Crippen molar-refractivity contribution in [1.29, 1.82) is 0 Å². The van der Waals surface area contributed by atoms with Crippen molar-refractivity contribution in [3.8, 4) is 0 Å². The van der Waals surface area contributed by atoms with E-state index in [-0.39, 0.29) is 6.04 Å². The topological polar surface area (TPSA) is 35.2 Å². The molecule has 0 aliphatic carbocycles. The molecule has 0 saturated carbocycles. The number of hydrogen-bond donors (Lipinski definition) is 1. The van der Waals surface area contributed by atoms with Crippen molar-refractivity contribution in [1.82, 2.24) is 0 Å². The molecule has 90 valence electrons. The van der Waals surface area contributed by atoms with E-state index in [4.69, 9.17) is 10.5 Å². The summed E-state index contributed by atoms with van der Waals surface area (Å²) >= 11 is 0. The lowest BCUT2D eigenvalue weighted by molar-refractivity contribution is 0.121. The molecular formula is C14H23NO. The molecule has 2 nitrogen and oxygen atoms in total. The number of ether oxygens (including phenoxy) is 1. The quantitative estimate of drug-likeness (QED) is 0.749. The second kappa shape index (κ2) is 6.66. The van der Waals surface area contributed by atoms with E-state index in [9.17, 15) is 0 Å². The van der Waals surface area contributed by atoms with Gasteiger partial charge in [0.2, 0.25) is 0 Å². The van der Waals surface area contributed by atoms with Crippen LogP contribution in [0.5, 0.6) is 0 Å². The molecule has 0 saturated heterocycles. The predicted octanol–water partition coefficient (Wildman–Crippen LogP) is 2.60. The van der Waals surface area contributed by atoms with E-state index in [0.29, 0.717) is 6.61 Å². The summed E-state index contributed by atoms with van der Waals surface area (Å²) in [5.74, 6) is 0. The molecule has 16 heavy (non-hydrogen) atoms. The number of hydrogen-bond acceptors (Lipinski definition) is 2. The maximum Gasteiger partial charge on any atom is 0.0620 e. The highest BCUT2D eigenvalue weighted by Crippen LogP contribution is 2.11. The first-order chi connectivity index (χ1) is 7.63. The Balaban J connectivity index is 2.43. The van der Waals surface area contributed by atoms with Gasteiger partial charge in [0.25, 0.3) is 0 Å². The zero-order valence-corrected chi connectivity index (χ0v) is 10.6. The van der Waals surface area contributed by atoms with Crippen LogP contribution in [0.15, 0.2) is 18.2 Å². The summed E-state index contributed by atoms with van der Waals surface area (Å²) in [5.41, 5.74) is 9.98. The molecular weight excluding hydrogens is 198 g/mol. The summed E-state index contributed by atoms with van der Waals surface area (Å²) < 4.78 is 5.45. The van der Waals surface area contributed by atoms with Crippen molar-refractivity contribution < 1.29 is 4.74 Å². The Hall–Kier alpha value is -0.860. The van der Waals surface area contributed by atoms with Gasteiger partial charge in [0.1, 0.15) is 0 Å². The van der Waals surface area contributed by atoms with Crippen LogP contribution in [0.25, 0.3) is 0 Å². The van der Waals surface area contributed by atoms with E-state index in [0.717, 1.165) is 19.4 Å². The highest BCUT2D eigenvalue weighted by Gasteiger charge is 2.05. The highest BCUT2D eigenvalue weighted by molar-refractivity contribution is 5.30. The first kappa shape index (κ1) is 13.2.